The molecule has 0 aliphatic heterocycles. The number of fused-ring (bicyclic) bond motifs is 1. The van der Waals surface area contributed by atoms with Crippen molar-refractivity contribution in [3.8, 4) is 16.9 Å². The third-order valence-electron chi connectivity index (χ3n) is 5.87. The summed E-state index contributed by atoms with van der Waals surface area (Å²) in [4.78, 5) is 16.1. The maximum Gasteiger partial charge on any atom is 0.310 e. The van der Waals surface area contributed by atoms with E-state index in [0.29, 0.717) is 34.4 Å². The molecule has 0 amide bonds. The molecule has 0 fully saturated rings. The van der Waals surface area contributed by atoms with E-state index in [4.69, 9.17) is 19.6 Å². The quantitative estimate of drug-likeness (QED) is 0.334. The van der Waals surface area contributed by atoms with Crippen molar-refractivity contribution in [3.63, 3.8) is 0 Å². The summed E-state index contributed by atoms with van der Waals surface area (Å²) in [5.41, 5.74) is 9.78. The van der Waals surface area contributed by atoms with E-state index in [1.807, 2.05) is 26.0 Å². The highest BCUT2D eigenvalue weighted by Crippen LogP contribution is 2.35. The number of hydrogen-bond acceptors (Lipinski definition) is 6. The Morgan fingerprint density at radius 2 is 1.91 bits per heavy atom. The number of carbonyl (C=O) groups is 1. The van der Waals surface area contributed by atoms with Crippen LogP contribution in [0.3, 0.4) is 0 Å². The van der Waals surface area contributed by atoms with Crippen molar-refractivity contribution in [3.05, 3.63) is 82.4 Å². The summed E-state index contributed by atoms with van der Waals surface area (Å²) in [6.45, 7) is 5.95. The van der Waals surface area contributed by atoms with Crippen molar-refractivity contribution in [1.82, 2.24) is 4.98 Å². The van der Waals surface area contributed by atoms with E-state index in [9.17, 15) is 9.18 Å². The fourth-order valence-corrected chi connectivity index (χ4v) is 4.01. The van der Waals surface area contributed by atoms with Gasteiger partial charge in [0.15, 0.2) is 5.82 Å². The van der Waals surface area contributed by atoms with Crippen molar-refractivity contribution in [1.29, 1.82) is 0 Å². The number of hydrogen-bond donors (Lipinski definition) is 1. The van der Waals surface area contributed by atoms with Gasteiger partial charge in [-0.05, 0) is 55.7 Å². The first kappa shape index (κ1) is 24.3. The molecule has 0 saturated heterocycles. The third kappa shape index (κ3) is 5.02. The number of pyridine rings is 1. The molecule has 4 rings (SSSR count). The molecule has 8 heteroatoms. The molecule has 4 aromatic rings. The van der Waals surface area contributed by atoms with Gasteiger partial charge in [-0.2, -0.15) is 4.39 Å². The predicted octanol–water partition coefficient (Wildman–Crippen LogP) is 5.53. The van der Waals surface area contributed by atoms with Crippen LogP contribution in [-0.2, 0) is 29.1 Å². The number of aryl methyl sites for hydroxylation is 1. The summed E-state index contributed by atoms with van der Waals surface area (Å²) >= 11 is 0. The molecule has 0 atom stereocenters. The molecule has 0 bridgehead atoms. The van der Waals surface area contributed by atoms with E-state index in [1.54, 1.807) is 19.1 Å². The molecule has 0 aliphatic carbocycles. The number of rotatable bonds is 8. The molecule has 0 unspecified atom stereocenters. The first-order valence-electron chi connectivity index (χ1n) is 11.3. The minimum atomic E-state index is -0.779. The summed E-state index contributed by atoms with van der Waals surface area (Å²) in [5.74, 6) is -0.349. The highest BCUT2D eigenvalue weighted by Gasteiger charge is 2.19. The predicted molar refractivity (Wildman–Crippen MR) is 128 cm³/mol. The second kappa shape index (κ2) is 10.2. The summed E-state index contributed by atoms with van der Waals surface area (Å²) in [6.07, 6.45) is 1.53. The zero-order chi connectivity index (χ0) is 25.1. The Hall–Kier alpha value is -3.78. The number of ether oxygens (including phenoxy) is 2. The summed E-state index contributed by atoms with van der Waals surface area (Å²) in [6, 6.07) is 9.15. The van der Waals surface area contributed by atoms with E-state index < -0.39 is 11.8 Å². The maximum absolute atomic E-state index is 15.1. The van der Waals surface area contributed by atoms with Gasteiger partial charge in [-0.1, -0.05) is 12.1 Å². The lowest BCUT2D eigenvalue weighted by Gasteiger charge is -2.16. The molecular weight excluding hydrogens is 454 g/mol. The van der Waals surface area contributed by atoms with Crippen LogP contribution < -0.4 is 10.5 Å². The van der Waals surface area contributed by atoms with Gasteiger partial charge in [-0.3, -0.25) is 9.78 Å². The van der Waals surface area contributed by atoms with Crippen LogP contribution in [0.4, 0.5) is 8.78 Å². The molecule has 2 heterocycles. The molecule has 0 saturated carbocycles. The van der Waals surface area contributed by atoms with Crippen molar-refractivity contribution in [2.45, 2.75) is 40.3 Å². The topological polar surface area (TPSA) is 87.6 Å². The van der Waals surface area contributed by atoms with Gasteiger partial charge in [-0.15, -0.1) is 0 Å². The van der Waals surface area contributed by atoms with Crippen LogP contribution in [0, 0.1) is 25.7 Å². The highest BCUT2D eigenvalue weighted by atomic mass is 19.1. The summed E-state index contributed by atoms with van der Waals surface area (Å²) in [7, 11) is 0. The second-order valence-corrected chi connectivity index (χ2v) is 8.20. The Labute approximate surface area is 201 Å². The Bertz CT molecular complexity index is 1400. The molecule has 35 heavy (non-hydrogen) atoms. The lowest BCUT2D eigenvalue weighted by atomic mass is 10.00. The van der Waals surface area contributed by atoms with E-state index in [2.05, 4.69) is 4.98 Å². The first-order chi connectivity index (χ1) is 16.8. The Balaban J connectivity index is 1.73. The van der Waals surface area contributed by atoms with Crippen molar-refractivity contribution >= 4 is 16.9 Å². The van der Waals surface area contributed by atoms with E-state index >= 15 is 4.39 Å². The van der Waals surface area contributed by atoms with Crippen LogP contribution in [0.25, 0.3) is 22.1 Å². The van der Waals surface area contributed by atoms with E-state index in [-0.39, 0.29) is 42.4 Å². The Kier molecular flexibility index (Phi) is 7.12. The van der Waals surface area contributed by atoms with Gasteiger partial charge in [0.25, 0.3) is 6.01 Å². The van der Waals surface area contributed by atoms with Crippen LogP contribution in [-0.4, -0.2) is 17.6 Å². The molecule has 2 N–H and O–H groups in total. The molecule has 0 aliphatic rings. The minimum Gasteiger partial charge on any atom is -0.488 e. The van der Waals surface area contributed by atoms with Gasteiger partial charge >= 0.3 is 5.97 Å². The number of benzene rings is 2. The molecular formula is C27H26F2N2O4. The van der Waals surface area contributed by atoms with Crippen molar-refractivity contribution in [2.75, 3.05) is 6.61 Å². The second-order valence-electron chi connectivity index (χ2n) is 8.20. The van der Waals surface area contributed by atoms with Gasteiger partial charge in [0.2, 0.25) is 0 Å². The monoisotopic (exact) mass is 480 g/mol. The number of furan rings is 1. The molecule has 182 valence electrons. The number of esters is 1. The van der Waals surface area contributed by atoms with E-state index in [1.165, 1.54) is 18.3 Å². The molecule has 6 nitrogen and oxygen atoms in total. The van der Waals surface area contributed by atoms with Crippen LogP contribution in [0.15, 0.2) is 47.0 Å². The Morgan fingerprint density at radius 3 is 2.66 bits per heavy atom. The third-order valence-corrected chi connectivity index (χ3v) is 5.87. The fraction of sp³-hybridized carbons (Fsp3) is 0.259. The zero-order valence-electron chi connectivity index (χ0n) is 19.8. The largest absolute Gasteiger partial charge is 0.488 e. The normalized spacial score (nSPS) is 11.1. The van der Waals surface area contributed by atoms with Gasteiger partial charge in [-0.25, -0.2) is 4.39 Å². The van der Waals surface area contributed by atoms with Gasteiger partial charge in [0.05, 0.1) is 18.7 Å². The Morgan fingerprint density at radius 1 is 1.11 bits per heavy atom. The molecule has 0 spiro atoms. The van der Waals surface area contributed by atoms with Crippen molar-refractivity contribution in [2.24, 2.45) is 5.73 Å². The summed E-state index contributed by atoms with van der Waals surface area (Å²) in [5, 5.41) is 0.469. The standard InChI is InChI=1S/C27H26F2N2O4/c1-4-33-24(32)12-18-6-5-15(2)16(3)26(18)34-14-17-9-19-11-23(28)35-27(19)21(10-17)20-7-8-31-22(13-30)25(20)29/h5-11H,4,12-14,30H2,1-3H3. The number of carbonyl (C=O) groups excluding carboxylic acids is 1. The van der Waals surface area contributed by atoms with Crippen LogP contribution in [0.2, 0.25) is 0 Å². The van der Waals surface area contributed by atoms with Gasteiger partial charge < -0.3 is 19.6 Å². The first-order valence-corrected chi connectivity index (χ1v) is 11.3. The van der Waals surface area contributed by atoms with Gasteiger partial charge in [0.1, 0.15) is 17.9 Å². The van der Waals surface area contributed by atoms with Crippen molar-refractivity contribution < 1.29 is 27.5 Å². The lowest BCUT2D eigenvalue weighted by molar-refractivity contribution is -0.142. The van der Waals surface area contributed by atoms with Crippen LogP contribution in [0.1, 0.15) is 34.9 Å². The summed E-state index contributed by atoms with van der Waals surface area (Å²) < 4.78 is 45.6. The molecule has 2 aromatic carbocycles. The molecule has 0 radical (unpaired) electrons. The number of nitrogens with zero attached hydrogens (tertiary/aromatic N) is 1. The lowest BCUT2D eigenvalue weighted by Crippen LogP contribution is -2.10. The van der Waals surface area contributed by atoms with Gasteiger partial charge in [0, 0.05) is 40.9 Å². The maximum atomic E-state index is 15.1. The fourth-order valence-electron chi connectivity index (χ4n) is 4.01. The van der Waals surface area contributed by atoms with E-state index in [0.717, 1.165) is 11.1 Å². The SMILES string of the molecule is CCOC(=O)Cc1ccc(C)c(C)c1OCc1cc(-c2ccnc(CN)c2F)c2oc(F)cc2c1. The highest BCUT2D eigenvalue weighted by molar-refractivity contribution is 5.93. The zero-order valence-corrected chi connectivity index (χ0v) is 19.8. The average molecular weight is 481 g/mol. The number of aromatic nitrogens is 1. The smallest absolute Gasteiger partial charge is 0.310 e. The minimum absolute atomic E-state index is 0.0750. The van der Waals surface area contributed by atoms with Crippen LogP contribution in [0.5, 0.6) is 5.75 Å². The number of halogens is 2. The average Bonchev–Trinajstić information content (AvgIpc) is 3.21. The number of nitrogens with two attached hydrogens (primary N) is 1. The molecule has 2 aromatic heterocycles. The van der Waals surface area contributed by atoms with Crippen LogP contribution >= 0.6 is 0 Å².